The topological polar surface area (TPSA) is 56.8 Å². The summed E-state index contributed by atoms with van der Waals surface area (Å²) < 4.78 is 16.7. The van der Waals surface area contributed by atoms with Gasteiger partial charge in [-0.1, -0.05) is 23.8 Å². The van der Waals surface area contributed by atoms with Gasteiger partial charge in [0.1, 0.15) is 5.75 Å². The van der Waals surface area contributed by atoms with Crippen molar-refractivity contribution in [3.63, 3.8) is 0 Å². The lowest BCUT2D eigenvalue weighted by Crippen LogP contribution is -2.35. The number of nitrogens with one attached hydrogen (secondary N) is 1. The van der Waals surface area contributed by atoms with Crippen LogP contribution < -0.4 is 19.5 Å². The fourth-order valence-electron chi connectivity index (χ4n) is 2.38. The molecule has 2 aromatic rings. The summed E-state index contributed by atoms with van der Waals surface area (Å²) in [5.41, 5.74) is 2.07. The van der Waals surface area contributed by atoms with Gasteiger partial charge < -0.3 is 19.5 Å². The fraction of sp³-hybridized carbons (Fsp3) is 0.381. The molecule has 0 radical (unpaired) electrons. The molecule has 0 fully saturated rings. The molecule has 1 amide bonds. The van der Waals surface area contributed by atoms with Crippen LogP contribution >= 0.6 is 0 Å². The lowest BCUT2D eigenvalue weighted by molar-refractivity contribution is -0.127. The van der Waals surface area contributed by atoms with Crippen molar-refractivity contribution in [1.29, 1.82) is 0 Å². The standard InChI is InChI=1S/C21H27NO4/c1-14(2)25-19-11-8-17(12-20(19)24-5)13-22-21(23)16(4)26-18-9-6-15(3)7-10-18/h6-12,14,16H,13H2,1-5H3,(H,22,23). The summed E-state index contributed by atoms with van der Waals surface area (Å²) in [6.45, 7) is 8.05. The quantitative estimate of drug-likeness (QED) is 0.779. The third-order valence-corrected chi connectivity index (χ3v) is 3.76. The van der Waals surface area contributed by atoms with Gasteiger partial charge in [-0.2, -0.15) is 0 Å². The van der Waals surface area contributed by atoms with E-state index in [-0.39, 0.29) is 12.0 Å². The van der Waals surface area contributed by atoms with Crippen LogP contribution in [0.1, 0.15) is 31.9 Å². The van der Waals surface area contributed by atoms with Crippen LogP contribution in [0, 0.1) is 6.92 Å². The maximum Gasteiger partial charge on any atom is 0.261 e. The summed E-state index contributed by atoms with van der Waals surface area (Å²) in [6, 6.07) is 13.2. The number of hydrogen-bond acceptors (Lipinski definition) is 4. The Labute approximate surface area is 155 Å². The highest BCUT2D eigenvalue weighted by atomic mass is 16.5. The number of benzene rings is 2. The van der Waals surface area contributed by atoms with Crippen molar-refractivity contribution in [3.8, 4) is 17.2 Å². The number of carbonyl (C=O) groups excluding carboxylic acids is 1. The maximum absolute atomic E-state index is 12.3. The first-order chi connectivity index (χ1) is 12.4. The van der Waals surface area contributed by atoms with E-state index in [4.69, 9.17) is 14.2 Å². The molecule has 26 heavy (non-hydrogen) atoms. The Hall–Kier alpha value is -2.69. The molecule has 0 aromatic heterocycles. The van der Waals surface area contributed by atoms with Crippen molar-refractivity contribution in [3.05, 3.63) is 53.6 Å². The van der Waals surface area contributed by atoms with E-state index in [1.807, 2.05) is 63.2 Å². The first kappa shape index (κ1) is 19.6. The highest BCUT2D eigenvalue weighted by molar-refractivity contribution is 5.80. The second-order valence-corrected chi connectivity index (χ2v) is 6.44. The molecule has 0 spiro atoms. The Bertz CT molecular complexity index is 725. The third kappa shape index (κ3) is 5.69. The van der Waals surface area contributed by atoms with Crippen LogP contribution in [0.25, 0.3) is 0 Å². The van der Waals surface area contributed by atoms with E-state index in [9.17, 15) is 4.79 Å². The Balaban J connectivity index is 1.92. The Morgan fingerprint density at radius 1 is 1.00 bits per heavy atom. The number of ether oxygens (including phenoxy) is 3. The predicted molar refractivity (Wildman–Crippen MR) is 102 cm³/mol. The fourth-order valence-corrected chi connectivity index (χ4v) is 2.38. The third-order valence-electron chi connectivity index (χ3n) is 3.76. The Morgan fingerprint density at radius 2 is 1.69 bits per heavy atom. The van der Waals surface area contributed by atoms with Crippen molar-refractivity contribution >= 4 is 5.91 Å². The van der Waals surface area contributed by atoms with Crippen LogP contribution in [0.15, 0.2) is 42.5 Å². The minimum Gasteiger partial charge on any atom is -0.493 e. The van der Waals surface area contributed by atoms with Gasteiger partial charge in [-0.05, 0) is 57.5 Å². The highest BCUT2D eigenvalue weighted by Gasteiger charge is 2.15. The monoisotopic (exact) mass is 357 g/mol. The van der Waals surface area contributed by atoms with Gasteiger partial charge in [-0.15, -0.1) is 0 Å². The molecule has 5 nitrogen and oxygen atoms in total. The molecular formula is C21H27NO4. The van der Waals surface area contributed by atoms with Gasteiger partial charge in [-0.25, -0.2) is 0 Å². The minimum absolute atomic E-state index is 0.0641. The first-order valence-electron chi connectivity index (χ1n) is 8.73. The summed E-state index contributed by atoms with van der Waals surface area (Å²) in [4.78, 5) is 12.3. The minimum atomic E-state index is -0.580. The first-order valence-corrected chi connectivity index (χ1v) is 8.73. The molecule has 2 aromatic carbocycles. The largest absolute Gasteiger partial charge is 0.493 e. The zero-order chi connectivity index (χ0) is 19.1. The van der Waals surface area contributed by atoms with Gasteiger partial charge >= 0.3 is 0 Å². The van der Waals surface area contributed by atoms with E-state index in [0.29, 0.717) is 23.8 Å². The van der Waals surface area contributed by atoms with Gasteiger partial charge in [0, 0.05) is 6.54 Å². The number of amides is 1. The summed E-state index contributed by atoms with van der Waals surface area (Å²) in [6.07, 6.45) is -0.516. The number of aryl methyl sites for hydroxylation is 1. The van der Waals surface area contributed by atoms with Crippen molar-refractivity contribution in [2.75, 3.05) is 7.11 Å². The van der Waals surface area contributed by atoms with Crippen molar-refractivity contribution in [2.45, 2.75) is 46.4 Å². The molecule has 1 unspecified atom stereocenters. The summed E-state index contributed by atoms with van der Waals surface area (Å²) in [5, 5.41) is 2.88. The number of methoxy groups -OCH3 is 1. The van der Waals surface area contributed by atoms with Crippen LogP contribution in [-0.2, 0) is 11.3 Å². The van der Waals surface area contributed by atoms with Gasteiger partial charge in [0.05, 0.1) is 13.2 Å². The smallest absolute Gasteiger partial charge is 0.261 e. The Morgan fingerprint density at radius 3 is 2.31 bits per heavy atom. The second-order valence-electron chi connectivity index (χ2n) is 6.44. The van der Waals surface area contributed by atoms with Crippen LogP contribution in [0.2, 0.25) is 0 Å². The van der Waals surface area contributed by atoms with Crippen molar-refractivity contribution in [1.82, 2.24) is 5.32 Å². The molecule has 5 heteroatoms. The molecule has 0 heterocycles. The maximum atomic E-state index is 12.3. The number of rotatable bonds is 8. The molecule has 1 N–H and O–H groups in total. The number of hydrogen-bond donors (Lipinski definition) is 1. The Kier molecular flexibility index (Phi) is 6.89. The van der Waals surface area contributed by atoms with Crippen LogP contribution in [-0.4, -0.2) is 25.2 Å². The van der Waals surface area contributed by atoms with Crippen LogP contribution in [0.3, 0.4) is 0 Å². The normalized spacial score (nSPS) is 11.8. The van der Waals surface area contributed by atoms with Crippen molar-refractivity contribution < 1.29 is 19.0 Å². The second kappa shape index (κ2) is 9.13. The zero-order valence-electron chi connectivity index (χ0n) is 16.0. The van der Waals surface area contributed by atoms with Gasteiger partial charge in [0.15, 0.2) is 17.6 Å². The van der Waals surface area contributed by atoms with Gasteiger partial charge in [0.2, 0.25) is 0 Å². The van der Waals surface area contributed by atoms with E-state index in [1.54, 1.807) is 14.0 Å². The van der Waals surface area contributed by atoms with Crippen LogP contribution in [0.4, 0.5) is 0 Å². The van der Waals surface area contributed by atoms with Crippen molar-refractivity contribution in [2.24, 2.45) is 0 Å². The summed E-state index contributed by atoms with van der Waals surface area (Å²) >= 11 is 0. The number of carbonyl (C=O) groups is 1. The summed E-state index contributed by atoms with van der Waals surface area (Å²) in [7, 11) is 1.60. The van der Waals surface area contributed by atoms with E-state index < -0.39 is 6.10 Å². The van der Waals surface area contributed by atoms with E-state index >= 15 is 0 Å². The lowest BCUT2D eigenvalue weighted by Gasteiger charge is -2.16. The predicted octanol–water partition coefficient (Wildman–Crippen LogP) is 3.87. The van der Waals surface area contributed by atoms with E-state index in [1.165, 1.54) is 0 Å². The average molecular weight is 357 g/mol. The van der Waals surface area contributed by atoms with E-state index in [2.05, 4.69) is 5.32 Å². The highest BCUT2D eigenvalue weighted by Crippen LogP contribution is 2.29. The molecule has 0 aliphatic carbocycles. The molecule has 2 rings (SSSR count). The summed E-state index contributed by atoms with van der Waals surface area (Å²) in [5.74, 6) is 1.84. The SMILES string of the molecule is COc1cc(CNC(=O)C(C)Oc2ccc(C)cc2)ccc1OC(C)C. The molecule has 0 aliphatic heterocycles. The molecule has 0 saturated carbocycles. The molecule has 1 atom stereocenters. The molecule has 140 valence electrons. The lowest BCUT2D eigenvalue weighted by atomic mass is 10.2. The average Bonchev–Trinajstić information content (AvgIpc) is 2.62. The van der Waals surface area contributed by atoms with Gasteiger partial charge in [0.25, 0.3) is 5.91 Å². The molecule has 0 aliphatic rings. The molecular weight excluding hydrogens is 330 g/mol. The van der Waals surface area contributed by atoms with Crippen LogP contribution in [0.5, 0.6) is 17.2 Å². The molecule has 0 bridgehead atoms. The van der Waals surface area contributed by atoms with Gasteiger partial charge in [-0.3, -0.25) is 4.79 Å². The van der Waals surface area contributed by atoms with E-state index in [0.717, 1.165) is 11.1 Å². The molecule has 0 saturated heterocycles. The zero-order valence-corrected chi connectivity index (χ0v) is 16.0.